The summed E-state index contributed by atoms with van der Waals surface area (Å²) in [6.07, 6.45) is 6.32. The first-order valence-electron chi connectivity index (χ1n) is 7.88. The average molecular weight is 358 g/mol. The summed E-state index contributed by atoms with van der Waals surface area (Å²) in [5.74, 6) is 0.956. The van der Waals surface area contributed by atoms with E-state index in [1.54, 1.807) is 7.11 Å². The Morgan fingerprint density at radius 2 is 1.90 bits per heavy atom. The Hall–Kier alpha value is -0.580. The van der Waals surface area contributed by atoms with E-state index in [0.29, 0.717) is 0 Å². The molecular weight excluding hydrogens is 330 g/mol. The second-order valence-electron chi connectivity index (χ2n) is 5.19. The van der Waals surface area contributed by atoms with E-state index in [4.69, 9.17) is 9.47 Å². The quantitative estimate of drug-likeness (QED) is 0.557. The molecule has 0 unspecified atom stereocenters. The highest BCUT2D eigenvalue weighted by Crippen LogP contribution is 2.22. The molecule has 0 spiro atoms. The lowest BCUT2D eigenvalue weighted by Crippen LogP contribution is -2.18. The van der Waals surface area contributed by atoms with Gasteiger partial charge in [0.1, 0.15) is 5.75 Å². The van der Waals surface area contributed by atoms with Gasteiger partial charge in [0.2, 0.25) is 0 Å². The molecule has 1 aromatic carbocycles. The summed E-state index contributed by atoms with van der Waals surface area (Å²) in [5, 5.41) is 3.35. The fraction of sp³-hybridized carbons (Fsp3) is 0.647. The predicted molar refractivity (Wildman–Crippen MR) is 92.0 cm³/mol. The molecule has 3 nitrogen and oxygen atoms in total. The summed E-state index contributed by atoms with van der Waals surface area (Å²) in [4.78, 5) is 0. The Bertz CT molecular complexity index is 385. The van der Waals surface area contributed by atoms with Crippen molar-refractivity contribution in [1.82, 2.24) is 5.32 Å². The number of halogens is 1. The molecule has 120 valence electrons. The van der Waals surface area contributed by atoms with Crippen molar-refractivity contribution in [2.45, 2.75) is 45.6 Å². The second kappa shape index (κ2) is 12.0. The van der Waals surface area contributed by atoms with E-state index in [-0.39, 0.29) is 0 Å². The number of hydrogen-bond acceptors (Lipinski definition) is 3. The van der Waals surface area contributed by atoms with Gasteiger partial charge in [-0.15, -0.1) is 0 Å². The van der Waals surface area contributed by atoms with Crippen LogP contribution in [-0.2, 0) is 11.3 Å². The van der Waals surface area contributed by atoms with Crippen LogP contribution in [0.3, 0.4) is 0 Å². The third kappa shape index (κ3) is 8.44. The van der Waals surface area contributed by atoms with Crippen LogP contribution in [-0.4, -0.2) is 26.9 Å². The fourth-order valence-electron chi connectivity index (χ4n) is 2.07. The minimum absolute atomic E-state index is 0.728. The Kier molecular flexibility index (Phi) is 10.6. The van der Waals surface area contributed by atoms with Gasteiger partial charge in [0, 0.05) is 24.7 Å². The smallest absolute Gasteiger partial charge is 0.119 e. The van der Waals surface area contributed by atoms with Crippen LogP contribution >= 0.6 is 15.9 Å². The summed E-state index contributed by atoms with van der Waals surface area (Å²) >= 11 is 3.58. The Labute approximate surface area is 137 Å². The van der Waals surface area contributed by atoms with Crippen LogP contribution in [0.5, 0.6) is 5.75 Å². The lowest BCUT2D eigenvalue weighted by atomic mass is 10.2. The Balaban J connectivity index is 2.31. The predicted octanol–water partition coefficient (Wildman–Crippen LogP) is 4.53. The molecule has 1 rings (SSSR count). The van der Waals surface area contributed by atoms with E-state index in [2.05, 4.69) is 40.3 Å². The van der Waals surface area contributed by atoms with Crippen LogP contribution in [0.4, 0.5) is 0 Å². The number of unbranched alkanes of at least 4 members (excludes halogenated alkanes) is 4. The molecule has 0 atom stereocenters. The van der Waals surface area contributed by atoms with Gasteiger partial charge in [0.05, 0.1) is 13.2 Å². The summed E-state index contributed by atoms with van der Waals surface area (Å²) in [5.41, 5.74) is 1.22. The Morgan fingerprint density at radius 1 is 1.10 bits per heavy atom. The van der Waals surface area contributed by atoms with Crippen LogP contribution < -0.4 is 10.1 Å². The SMILES string of the molecule is CCCCCCCOc1ccc(Br)c(CNCCOC)c1. The molecule has 0 saturated heterocycles. The highest BCUT2D eigenvalue weighted by atomic mass is 79.9. The third-order valence-electron chi connectivity index (χ3n) is 3.33. The van der Waals surface area contributed by atoms with Gasteiger partial charge in [-0.25, -0.2) is 0 Å². The van der Waals surface area contributed by atoms with Crippen LogP contribution in [0.15, 0.2) is 22.7 Å². The van der Waals surface area contributed by atoms with Crippen molar-refractivity contribution in [2.75, 3.05) is 26.9 Å². The van der Waals surface area contributed by atoms with E-state index in [0.717, 1.165) is 42.9 Å². The molecule has 0 saturated carbocycles. The van der Waals surface area contributed by atoms with Gasteiger partial charge in [-0.2, -0.15) is 0 Å². The minimum Gasteiger partial charge on any atom is -0.494 e. The number of rotatable bonds is 12. The highest BCUT2D eigenvalue weighted by Gasteiger charge is 2.02. The zero-order valence-corrected chi connectivity index (χ0v) is 14.9. The summed E-state index contributed by atoms with van der Waals surface area (Å²) in [6.45, 7) is 5.44. The molecule has 0 heterocycles. The van der Waals surface area contributed by atoms with Gasteiger partial charge in [-0.3, -0.25) is 0 Å². The van der Waals surface area contributed by atoms with Crippen molar-refractivity contribution >= 4 is 15.9 Å². The fourth-order valence-corrected chi connectivity index (χ4v) is 2.46. The maximum Gasteiger partial charge on any atom is 0.119 e. The topological polar surface area (TPSA) is 30.5 Å². The molecule has 0 aliphatic heterocycles. The van der Waals surface area contributed by atoms with Crippen molar-refractivity contribution in [2.24, 2.45) is 0 Å². The molecule has 1 aromatic rings. The second-order valence-corrected chi connectivity index (χ2v) is 6.04. The van der Waals surface area contributed by atoms with Crippen LogP contribution in [0.1, 0.15) is 44.6 Å². The van der Waals surface area contributed by atoms with Gasteiger partial charge >= 0.3 is 0 Å². The molecule has 0 fully saturated rings. The molecular formula is C17H28BrNO2. The summed E-state index contributed by atoms with van der Waals surface area (Å²) in [7, 11) is 1.71. The van der Waals surface area contributed by atoms with Gasteiger partial charge in [-0.1, -0.05) is 48.5 Å². The number of hydrogen-bond donors (Lipinski definition) is 1. The normalized spacial score (nSPS) is 10.8. The number of ether oxygens (including phenoxy) is 2. The van der Waals surface area contributed by atoms with Gasteiger partial charge in [0.15, 0.2) is 0 Å². The van der Waals surface area contributed by atoms with Crippen LogP contribution in [0.2, 0.25) is 0 Å². The molecule has 0 bridgehead atoms. The minimum atomic E-state index is 0.728. The molecule has 0 aliphatic carbocycles. The summed E-state index contributed by atoms with van der Waals surface area (Å²) in [6, 6.07) is 6.18. The zero-order chi connectivity index (χ0) is 15.3. The van der Waals surface area contributed by atoms with E-state index < -0.39 is 0 Å². The first-order chi connectivity index (χ1) is 10.3. The van der Waals surface area contributed by atoms with E-state index in [9.17, 15) is 0 Å². The summed E-state index contributed by atoms with van der Waals surface area (Å²) < 4.78 is 12.0. The van der Waals surface area contributed by atoms with Crippen molar-refractivity contribution in [3.05, 3.63) is 28.2 Å². The Morgan fingerprint density at radius 3 is 2.67 bits per heavy atom. The first-order valence-corrected chi connectivity index (χ1v) is 8.68. The molecule has 0 aromatic heterocycles. The van der Waals surface area contributed by atoms with Crippen molar-refractivity contribution < 1.29 is 9.47 Å². The molecule has 0 radical (unpaired) electrons. The lowest BCUT2D eigenvalue weighted by molar-refractivity contribution is 0.199. The van der Waals surface area contributed by atoms with E-state index in [1.807, 2.05) is 6.07 Å². The van der Waals surface area contributed by atoms with Gasteiger partial charge in [-0.05, 0) is 30.2 Å². The van der Waals surface area contributed by atoms with E-state index >= 15 is 0 Å². The van der Waals surface area contributed by atoms with Gasteiger partial charge < -0.3 is 14.8 Å². The maximum absolute atomic E-state index is 5.84. The number of benzene rings is 1. The third-order valence-corrected chi connectivity index (χ3v) is 4.11. The van der Waals surface area contributed by atoms with Crippen molar-refractivity contribution in [1.29, 1.82) is 0 Å². The molecule has 21 heavy (non-hydrogen) atoms. The van der Waals surface area contributed by atoms with Crippen molar-refractivity contribution in [3.63, 3.8) is 0 Å². The monoisotopic (exact) mass is 357 g/mol. The molecule has 0 aliphatic rings. The molecule has 0 amide bonds. The average Bonchev–Trinajstić information content (AvgIpc) is 2.50. The molecule has 4 heteroatoms. The zero-order valence-electron chi connectivity index (χ0n) is 13.3. The van der Waals surface area contributed by atoms with Crippen LogP contribution in [0.25, 0.3) is 0 Å². The molecule has 1 N–H and O–H groups in total. The lowest BCUT2D eigenvalue weighted by Gasteiger charge is -2.11. The number of methoxy groups -OCH3 is 1. The maximum atomic E-state index is 5.84. The van der Waals surface area contributed by atoms with E-state index in [1.165, 1.54) is 31.2 Å². The largest absolute Gasteiger partial charge is 0.494 e. The number of nitrogens with one attached hydrogen (secondary N) is 1. The standard InChI is InChI=1S/C17H28BrNO2/c1-3-4-5-6-7-11-21-16-8-9-17(18)15(13-16)14-19-10-12-20-2/h8-9,13,19H,3-7,10-12,14H2,1-2H3. The first kappa shape index (κ1) is 18.5. The van der Waals surface area contributed by atoms with Crippen LogP contribution in [0, 0.1) is 0 Å². The van der Waals surface area contributed by atoms with Crippen molar-refractivity contribution in [3.8, 4) is 5.75 Å². The van der Waals surface area contributed by atoms with Gasteiger partial charge in [0.25, 0.3) is 0 Å². The highest BCUT2D eigenvalue weighted by molar-refractivity contribution is 9.10.